The molecule has 27 heavy (non-hydrogen) atoms. The van der Waals surface area contributed by atoms with Crippen molar-refractivity contribution < 1.29 is 27.9 Å². The van der Waals surface area contributed by atoms with E-state index in [4.69, 9.17) is 4.42 Å². The summed E-state index contributed by atoms with van der Waals surface area (Å²) in [6, 6.07) is 3.14. The second-order valence-corrected chi connectivity index (χ2v) is 6.39. The molecule has 2 aromatic heterocycles. The van der Waals surface area contributed by atoms with Crippen LogP contribution in [0.5, 0.6) is 0 Å². The van der Waals surface area contributed by atoms with Gasteiger partial charge in [-0.05, 0) is 24.3 Å². The van der Waals surface area contributed by atoms with Gasteiger partial charge in [-0.25, -0.2) is 8.78 Å². The molecule has 1 aromatic carbocycles. The Kier molecular flexibility index (Phi) is 4.04. The lowest BCUT2D eigenvalue weighted by Gasteiger charge is -2.20. The van der Waals surface area contributed by atoms with E-state index in [0.29, 0.717) is 5.56 Å². The zero-order valence-corrected chi connectivity index (χ0v) is 14.1. The van der Waals surface area contributed by atoms with Gasteiger partial charge in [-0.1, -0.05) is 11.3 Å². The molecular formula is C17H9F2N3O4S. The Balaban J connectivity index is 1.93. The van der Waals surface area contributed by atoms with Crippen molar-refractivity contribution >= 4 is 33.9 Å². The van der Waals surface area contributed by atoms with Gasteiger partial charge in [0.2, 0.25) is 5.13 Å². The SMILES string of the molecule is O=C1C(=O)N(c2nncs2)C(c2ccoc2)/C1=C(\O)c1ccc(F)c(F)c1. The van der Waals surface area contributed by atoms with Crippen LogP contribution in [0.3, 0.4) is 0 Å². The van der Waals surface area contributed by atoms with Gasteiger partial charge in [0.05, 0.1) is 18.1 Å². The Hall–Kier alpha value is -3.40. The fraction of sp³-hybridized carbons (Fsp3) is 0.0588. The number of nitrogens with zero attached hydrogens (tertiary/aromatic N) is 3. The van der Waals surface area contributed by atoms with Crippen LogP contribution in [0.15, 0.2) is 52.3 Å². The number of aliphatic hydroxyl groups is 1. The van der Waals surface area contributed by atoms with Crippen molar-refractivity contribution in [2.45, 2.75) is 6.04 Å². The molecule has 0 radical (unpaired) electrons. The monoisotopic (exact) mass is 389 g/mol. The molecule has 3 heterocycles. The number of rotatable bonds is 3. The van der Waals surface area contributed by atoms with E-state index in [-0.39, 0.29) is 16.3 Å². The number of ketones is 1. The van der Waals surface area contributed by atoms with Crippen molar-refractivity contribution in [3.63, 3.8) is 0 Å². The van der Waals surface area contributed by atoms with E-state index in [1.165, 1.54) is 24.1 Å². The molecule has 10 heteroatoms. The number of hydrogen-bond donors (Lipinski definition) is 1. The smallest absolute Gasteiger partial charge is 0.301 e. The summed E-state index contributed by atoms with van der Waals surface area (Å²) < 4.78 is 31.8. The van der Waals surface area contributed by atoms with Gasteiger partial charge in [-0.15, -0.1) is 10.2 Å². The second kappa shape index (κ2) is 6.40. The van der Waals surface area contributed by atoms with Crippen LogP contribution in [0.1, 0.15) is 17.2 Å². The van der Waals surface area contributed by atoms with Crippen LogP contribution in [0.25, 0.3) is 5.76 Å². The summed E-state index contributed by atoms with van der Waals surface area (Å²) in [7, 11) is 0. The number of halogens is 2. The molecule has 0 saturated carbocycles. The minimum Gasteiger partial charge on any atom is -0.507 e. The summed E-state index contributed by atoms with van der Waals surface area (Å²) in [5.74, 6) is -4.85. The average molecular weight is 389 g/mol. The highest BCUT2D eigenvalue weighted by Crippen LogP contribution is 2.42. The summed E-state index contributed by atoms with van der Waals surface area (Å²) in [6.45, 7) is 0. The molecule has 1 atom stereocenters. The standard InChI is InChI=1S/C17H9F2N3O4S/c18-10-2-1-8(5-11(10)19)14(23)12-13(9-3-4-26-6-9)22(16(25)15(12)24)17-21-20-7-27-17/h1-7,13,23H/b14-12+. The second-order valence-electron chi connectivity index (χ2n) is 5.58. The van der Waals surface area contributed by atoms with E-state index in [1.54, 1.807) is 0 Å². The fourth-order valence-electron chi connectivity index (χ4n) is 2.85. The number of amides is 1. The number of carbonyl (C=O) groups is 2. The van der Waals surface area contributed by atoms with Crippen molar-refractivity contribution in [1.29, 1.82) is 0 Å². The fourth-order valence-corrected chi connectivity index (χ4v) is 3.43. The molecule has 1 aliphatic rings. The Labute approximate surface area is 154 Å². The lowest BCUT2D eigenvalue weighted by Crippen LogP contribution is -2.29. The number of anilines is 1. The highest BCUT2D eigenvalue weighted by molar-refractivity contribution is 7.13. The number of carbonyl (C=O) groups excluding carboxylic acids is 2. The highest BCUT2D eigenvalue weighted by atomic mass is 32.1. The van der Waals surface area contributed by atoms with Crippen LogP contribution in [0, 0.1) is 11.6 Å². The molecule has 1 fully saturated rings. The number of aromatic nitrogens is 2. The topological polar surface area (TPSA) is 96.5 Å². The molecule has 1 unspecified atom stereocenters. The molecule has 1 N–H and O–H groups in total. The first-order chi connectivity index (χ1) is 13.0. The lowest BCUT2D eigenvalue weighted by molar-refractivity contribution is -0.132. The zero-order valence-electron chi connectivity index (χ0n) is 13.3. The number of Topliss-reactive ketones (excluding diaryl/α,β-unsaturated/α-hetero) is 1. The maximum atomic E-state index is 13.6. The van der Waals surface area contributed by atoms with Crippen molar-refractivity contribution in [2.75, 3.05) is 4.90 Å². The van der Waals surface area contributed by atoms with Gasteiger partial charge in [0.15, 0.2) is 11.6 Å². The van der Waals surface area contributed by atoms with Crippen molar-refractivity contribution in [3.8, 4) is 0 Å². The zero-order chi connectivity index (χ0) is 19.1. The molecule has 1 saturated heterocycles. The predicted octanol–water partition coefficient (Wildman–Crippen LogP) is 3.04. The van der Waals surface area contributed by atoms with E-state index in [9.17, 15) is 23.5 Å². The van der Waals surface area contributed by atoms with Gasteiger partial charge >= 0.3 is 5.91 Å². The molecule has 0 aliphatic carbocycles. The highest BCUT2D eigenvalue weighted by Gasteiger charge is 2.48. The number of aliphatic hydroxyl groups excluding tert-OH is 1. The van der Waals surface area contributed by atoms with Crippen LogP contribution in [-0.4, -0.2) is 27.0 Å². The van der Waals surface area contributed by atoms with Crippen molar-refractivity contribution in [2.24, 2.45) is 0 Å². The summed E-state index contributed by atoms with van der Waals surface area (Å²) in [6.07, 6.45) is 2.65. The minimum atomic E-state index is -1.20. The van der Waals surface area contributed by atoms with Crippen LogP contribution < -0.4 is 4.90 Å². The maximum Gasteiger partial charge on any atom is 0.301 e. The quantitative estimate of drug-likeness (QED) is 0.420. The van der Waals surface area contributed by atoms with Gasteiger partial charge in [-0.3, -0.25) is 14.5 Å². The summed E-state index contributed by atoms with van der Waals surface area (Å²) in [5.41, 5.74) is 1.35. The lowest BCUT2D eigenvalue weighted by atomic mass is 9.97. The van der Waals surface area contributed by atoms with Gasteiger partial charge < -0.3 is 9.52 Å². The molecule has 136 valence electrons. The third-order valence-electron chi connectivity index (χ3n) is 4.05. The molecule has 4 rings (SSSR count). The number of benzene rings is 1. The minimum absolute atomic E-state index is 0.141. The van der Waals surface area contributed by atoms with E-state index in [0.717, 1.165) is 34.4 Å². The summed E-state index contributed by atoms with van der Waals surface area (Å²) in [4.78, 5) is 26.3. The normalized spacial score (nSPS) is 19.0. The Morgan fingerprint density at radius 3 is 2.67 bits per heavy atom. The van der Waals surface area contributed by atoms with E-state index in [2.05, 4.69) is 10.2 Å². The molecule has 0 spiro atoms. The Bertz CT molecular complexity index is 1060. The number of furan rings is 1. The molecule has 1 amide bonds. The van der Waals surface area contributed by atoms with Crippen LogP contribution >= 0.6 is 11.3 Å². The molecule has 7 nitrogen and oxygen atoms in total. The first kappa shape index (κ1) is 17.0. The molecule has 0 bridgehead atoms. The summed E-state index contributed by atoms with van der Waals surface area (Å²) in [5, 5.41) is 18.3. The van der Waals surface area contributed by atoms with Crippen LogP contribution in [0.2, 0.25) is 0 Å². The van der Waals surface area contributed by atoms with E-state index >= 15 is 0 Å². The maximum absolute atomic E-state index is 13.6. The predicted molar refractivity (Wildman–Crippen MR) is 89.8 cm³/mol. The van der Waals surface area contributed by atoms with Crippen LogP contribution in [0.4, 0.5) is 13.9 Å². The largest absolute Gasteiger partial charge is 0.507 e. The van der Waals surface area contributed by atoms with Gasteiger partial charge in [0.1, 0.15) is 17.3 Å². The first-order valence-corrected chi connectivity index (χ1v) is 8.41. The summed E-state index contributed by atoms with van der Waals surface area (Å²) >= 11 is 1.03. The van der Waals surface area contributed by atoms with Crippen LogP contribution in [-0.2, 0) is 9.59 Å². The average Bonchev–Trinajstić information content (AvgIpc) is 3.39. The van der Waals surface area contributed by atoms with Crippen molar-refractivity contribution in [3.05, 3.63) is 70.6 Å². The Morgan fingerprint density at radius 2 is 2.04 bits per heavy atom. The molecule has 1 aliphatic heterocycles. The van der Waals surface area contributed by atoms with E-state index in [1.807, 2.05) is 0 Å². The third-order valence-corrected chi connectivity index (χ3v) is 4.74. The van der Waals surface area contributed by atoms with Gasteiger partial charge in [-0.2, -0.15) is 0 Å². The first-order valence-electron chi connectivity index (χ1n) is 7.53. The van der Waals surface area contributed by atoms with Gasteiger partial charge in [0, 0.05) is 11.1 Å². The van der Waals surface area contributed by atoms with Crippen molar-refractivity contribution in [1.82, 2.24) is 10.2 Å². The van der Waals surface area contributed by atoms with E-state index < -0.39 is 35.1 Å². The molecule has 3 aromatic rings. The molecular weight excluding hydrogens is 380 g/mol. The Morgan fingerprint density at radius 1 is 1.22 bits per heavy atom. The van der Waals surface area contributed by atoms with Gasteiger partial charge in [0.25, 0.3) is 5.78 Å². The number of hydrogen-bond acceptors (Lipinski definition) is 7. The third kappa shape index (κ3) is 2.70.